The summed E-state index contributed by atoms with van der Waals surface area (Å²) >= 11 is 0. The van der Waals surface area contributed by atoms with Crippen LogP contribution in [0.3, 0.4) is 0 Å². The van der Waals surface area contributed by atoms with Crippen LogP contribution >= 0.6 is 0 Å². The van der Waals surface area contributed by atoms with Crippen LogP contribution in [0.15, 0.2) is 48.5 Å². The molecule has 31 heavy (non-hydrogen) atoms. The Morgan fingerprint density at radius 3 is 2.42 bits per heavy atom. The number of nitrogens with one attached hydrogen (secondary N) is 2. The SMILES string of the molecule is CCCS(=O)(=O)Nc1cccc(C(=O)NC[C@@H](c2cccc(OC)c2)N(CC)CC)c1. The van der Waals surface area contributed by atoms with Gasteiger partial charge >= 0.3 is 0 Å². The fourth-order valence-corrected chi connectivity index (χ4v) is 4.61. The average Bonchev–Trinajstić information content (AvgIpc) is 2.76. The van der Waals surface area contributed by atoms with E-state index in [1.807, 2.05) is 24.3 Å². The number of ether oxygens (including phenoxy) is 1. The van der Waals surface area contributed by atoms with Crippen molar-refractivity contribution in [2.75, 3.05) is 37.2 Å². The zero-order chi connectivity index (χ0) is 22.9. The van der Waals surface area contributed by atoms with Gasteiger partial charge in [-0.2, -0.15) is 0 Å². The minimum Gasteiger partial charge on any atom is -0.497 e. The van der Waals surface area contributed by atoms with E-state index in [1.165, 1.54) is 0 Å². The van der Waals surface area contributed by atoms with Gasteiger partial charge in [-0.25, -0.2) is 8.42 Å². The van der Waals surface area contributed by atoms with Gasteiger partial charge in [-0.1, -0.05) is 39.0 Å². The third-order valence-corrected chi connectivity index (χ3v) is 6.55. The summed E-state index contributed by atoms with van der Waals surface area (Å²) in [7, 11) is -1.78. The van der Waals surface area contributed by atoms with E-state index in [4.69, 9.17) is 4.74 Å². The van der Waals surface area contributed by atoms with Crippen LogP contribution in [0.25, 0.3) is 0 Å². The summed E-state index contributed by atoms with van der Waals surface area (Å²) in [6.45, 7) is 8.07. The minimum absolute atomic E-state index is 0.0136. The summed E-state index contributed by atoms with van der Waals surface area (Å²) in [5.41, 5.74) is 1.85. The van der Waals surface area contributed by atoms with E-state index in [2.05, 4.69) is 28.8 Å². The second kappa shape index (κ2) is 11.7. The maximum absolute atomic E-state index is 12.8. The van der Waals surface area contributed by atoms with Crippen LogP contribution in [0.1, 0.15) is 49.2 Å². The number of methoxy groups -OCH3 is 1. The topological polar surface area (TPSA) is 87.7 Å². The molecular formula is C23H33N3O4S. The molecule has 2 aromatic carbocycles. The molecule has 0 saturated carbocycles. The first kappa shape index (κ1) is 24.7. The lowest BCUT2D eigenvalue weighted by atomic mass is 10.0. The Kier molecular flexibility index (Phi) is 9.33. The number of hydrogen-bond acceptors (Lipinski definition) is 5. The number of nitrogens with zero attached hydrogens (tertiary/aromatic N) is 1. The number of carbonyl (C=O) groups is 1. The van der Waals surface area contributed by atoms with E-state index in [9.17, 15) is 13.2 Å². The van der Waals surface area contributed by atoms with Crippen molar-refractivity contribution in [3.63, 3.8) is 0 Å². The number of hydrogen-bond donors (Lipinski definition) is 2. The third-order valence-electron chi connectivity index (χ3n) is 5.06. The number of amides is 1. The highest BCUT2D eigenvalue weighted by Gasteiger charge is 2.20. The van der Waals surface area contributed by atoms with Crippen molar-refractivity contribution in [2.24, 2.45) is 0 Å². The number of sulfonamides is 1. The molecule has 0 fully saturated rings. The van der Waals surface area contributed by atoms with Gasteiger partial charge in [0.05, 0.1) is 18.9 Å². The van der Waals surface area contributed by atoms with Crippen LogP contribution in [0, 0.1) is 0 Å². The van der Waals surface area contributed by atoms with Crippen LogP contribution in [0.4, 0.5) is 5.69 Å². The molecule has 0 radical (unpaired) electrons. The van der Waals surface area contributed by atoms with Gasteiger partial charge in [0, 0.05) is 17.8 Å². The largest absolute Gasteiger partial charge is 0.497 e. The van der Waals surface area contributed by atoms with Gasteiger partial charge in [-0.3, -0.25) is 14.4 Å². The Hall–Kier alpha value is -2.58. The van der Waals surface area contributed by atoms with Gasteiger partial charge in [0.1, 0.15) is 5.75 Å². The van der Waals surface area contributed by atoms with E-state index in [0.717, 1.165) is 24.4 Å². The van der Waals surface area contributed by atoms with Gasteiger partial charge < -0.3 is 10.1 Å². The predicted molar refractivity (Wildman–Crippen MR) is 125 cm³/mol. The molecule has 0 aromatic heterocycles. The maximum Gasteiger partial charge on any atom is 0.251 e. The second-order valence-corrected chi connectivity index (χ2v) is 9.07. The molecule has 2 rings (SSSR count). The Morgan fingerprint density at radius 1 is 1.06 bits per heavy atom. The summed E-state index contributed by atoms with van der Waals surface area (Å²) in [5.74, 6) is 0.555. The highest BCUT2D eigenvalue weighted by Crippen LogP contribution is 2.24. The molecular weight excluding hydrogens is 414 g/mol. The van der Waals surface area contributed by atoms with Crippen molar-refractivity contribution in [1.82, 2.24) is 10.2 Å². The monoisotopic (exact) mass is 447 g/mol. The van der Waals surface area contributed by atoms with E-state index in [-0.39, 0.29) is 17.7 Å². The van der Waals surface area contributed by atoms with Crippen LogP contribution in [0.5, 0.6) is 5.75 Å². The molecule has 7 nitrogen and oxygen atoms in total. The van der Waals surface area contributed by atoms with Crippen molar-refractivity contribution in [3.8, 4) is 5.75 Å². The summed E-state index contributed by atoms with van der Waals surface area (Å²) < 4.78 is 31.9. The van der Waals surface area contributed by atoms with E-state index in [1.54, 1.807) is 38.3 Å². The average molecular weight is 448 g/mol. The number of rotatable bonds is 12. The number of benzene rings is 2. The van der Waals surface area contributed by atoms with Crippen LogP contribution in [-0.2, 0) is 10.0 Å². The Bertz CT molecular complexity index is 959. The van der Waals surface area contributed by atoms with Gasteiger partial charge in [-0.15, -0.1) is 0 Å². The van der Waals surface area contributed by atoms with Gasteiger partial charge in [0.15, 0.2) is 0 Å². The molecule has 8 heteroatoms. The standard InChI is InChI=1S/C23H33N3O4S/c1-5-14-31(28,29)25-20-12-8-11-19(15-20)23(27)24-17-22(26(6-2)7-3)18-10-9-13-21(16-18)30-4/h8-13,15-16,22,25H,5-7,14,17H2,1-4H3,(H,24,27)/t22-/m0/s1. The molecule has 1 atom stereocenters. The fraction of sp³-hybridized carbons (Fsp3) is 0.435. The van der Waals surface area contributed by atoms with Crippen molar-refractivity contribution < 1.29 is 17.9 Å². The molecule has 1 amide bonds. The summed E-state index contributed by atoms with van der Waals surface area (Å²) in [4.78, 5) is 15.1. The minimum atomic E-state index is -3.41. The summed E-state index contributed by atoms with van der Waals surface area (Å²) in [6.07, 6.45) is 0.520. The number of anilines is 1. The van der Waals surface area contributed by atoms with E-state index >= 15 is 0 Å². The summed E-state index contributed by atoms with van der Waals surface area (Å²) in [6, 6.07) is 14.4. The van der Waals surface area contributed by atoms with E-state index < -0.39 is 10.0 Å². The highest BCUT2D eigenvalue weighted by atomic mass is 32.2. The molecule has 2 N–H and O–H groups in total. The van der Waals surface area contributed by atoms with Crippen LogP contribution in [0.2, 0.25) is 0 Å². The molecule has 0 aliphatic heterocycles. The van der Waals surface area contributed by atoms with Crippen molar-refractivity contribution in [3.05, 3.63) is 59.7 Å². The predicted octanol–water partition coefficient (Wildman–Crippen LogP) is 3.66. The zero-order valence-corrected chi connectivity index (χ0v) is 19.5. The molecule has 0 spiro atoms. The molecule has 0 unspecified atom stereocenters. The van der Waals surface area contributed by atoms with Gasteiger partial charge in [0.25, 0.3) is 5.91 Å². The lowest BCUT2D eigenvalue weighted by molar-refractivity contribution is 0.0935. The van der Waals surface area contributed by atoms with Crippen molar-refractivity contribution >= 4 is 21.6 Å². The lowest BCUT2D eigenvalue weighted by Crippen LogP contribution is -2.38. The smallest absolute Gasteiger partial charge is 0.251 e. The first-order valence-electron chi connectivity index (χ1n) is 10.6. The molecule has 0 heterocycles. The quantitative estimate of drug-likeness (QED) is 0.518. The highest BCUT2D eigenvalue weighted by molar-refractivity contribution is 7.92. The molecule has 0 saturated heterocycles. The molecule has 2 aromatic rings. The Labute approximate surface area is 185 Å². The van der Waals surface area contributed by atoms with Gasteiger partial charge in [0.2, 0.25) is 10.0 Å². The molecule has 170 valence electrons. The number of carbonyl (C=O) groups excluding carboxylic acids is 1. The second-order valence-electron chi connectivity index (χ2n) is 7.23. The van der Waals surface area contributed by atoms with Gasteiger partial charge in [-0.05, 0) is 55.4 Å². The van der Waals surface area contributed by atoms with Crippen molar-refractivity contribution in [2.45, 2.75) is 33.2 Å². The van der Waals surface area contributed by atoms with E-state index in [0.29, 0.717) is 24.2 Å². The lowest BCUT2D eigenvalue weighted by Gasteiger charge is -2.30. The molecule has 0 aliphatic carbocycles. The maximum atomic E-state index is 12.8. The Morgan fingerprint density at radius 2 is 1.77 bits per heavy atom. The fourth-order valence-electron chi connectivity index (χ4n) is 3.49. The normalized spacial score (nSPS) is 12.4. The van der Waals surface area contributed by atoms with Crippen LogP contribution < -0.4 is 14.8 Å². The molecule has 0 bridgehead atoms. The Balaban J connectivity index is 2.16. The summed E-state index contributed by atoms with van der Waals surface area (Å²) in [5, 5.41) is 3.00. The first-order valence-corrected chi connectivity index (χ1v) is 12.3. The third kappa shape index (κ3) is 7.25. The number of likely N-dealkylation sites (N-methyl/N-ethyl adjacent to an activating group) is 1. The van der Waals surface area contributed by atoms with Crippen LogP contribution in [-0.4, -0.2) is 51.7 Å². The zero-order valence-electron chi connectivity index (χ0n) is 18.7. The first-order chi connectivity index (χ1) is 14.8. The van der Waals surface area contributed by atoms with Crippen molar-refractivity contribution in [1.29, 1.82) is 0 Å². The molecule has 0 aliphatic rings.